The Labute approximate surface area is 63.1 Å². The molecule has 0 radical (unpaired) electrons. The lowest BCUT2D eigenvalue weighted by Gasteiger charge is -2.02. The van der Waals surface area contributed by atoms with Gasteiger partial charge in [0, 0.05) is 0 Å². The van der Waals surface area contributed by atoms with Crippen LogP contribution in [0.4, 0.5) is 0 Å². The summed E-state index contributed by atoms with van der Waals surface area (Å²) >= 11 is 0. The lowest BCUT2D eigenvalue weighted by molar-refractivity contribution is -0.658. The number of hydrogen-bond donors (Lipinski definition) is 2. The topological polar surface area (TPSA) is 36.8 Å². The predicted molar refractivity (Wildman–Crippen MR) is 33.6 cm³/mol. The quantitative estimate of drug-likeness (QED) is 0.430. The van der Waals surface area contributed by atoms with Crippen LogP contribution in [0.3, 0.4) is 0 Å². The third-order valence-corrected chi connectivity index (χ3v) is 1.20. The molecule has 0 saturated heterocycles. The van der Waals surface area contributed by atoms with Crippen molar-refractivity contribution in [1.82, 2.24) is 0 Å². The molecule has 0 saturated carbocycles. The average Bonchev–Trinajstić information content (AvgIpc) is 1.83. The molecule has 0 aromatic heterocycles. The Morgan fingerprint density at radius 2 is 2.00 bits per heavy atom. The van der Waals surface area contributed by atoms with Gasteiger partial charge in [0.2, 0.25) is 0 Å². The average molecular weight is 154 g/mol. The Morgan fingerprint density at radius 1 is 1.44 bits per heavy atom. The fourth-order valence-corrected chi connectivity index (χ4v) is 0.526. The number of nitrogens with two attached hydrogens (primary N) is 1. The fraction of sp³-hybridized carbons (Fsp3) is 1.00. The summed E-state index contributed by atoms with van der Waals surface area (Å²) in [4.78, 5) is 0. The number of aliphatic hydroxyl groups is 1. The molecule has 0 fully saturated rings. The van der Waals surface area contributed by atoms with Crippen molar-refractivity contribution in [3.8, 4) is 0 Å². The lowest BCUT2D eigenvalue weighted by Crippen LogP contribution is -3.00. The molecular formula is C6H16ClNO. The molecule has 3 heteroatoms. The molecule has 0 amide bonds. The summed E-state index contributed by atoms with van der Waals surface area (Å²) in [6.45, 7) is 6.00. The van der Waals surface area contributed by atoms with Gasteiger partial charge >= 0.3 is 0 Å². The Balaban J connectivity index is 0. The number of quaternary nitrogens is 1. The van der Waals surface area contributed by atoms with Crippen molar-refractivity contribution in [2.45, 2.75) is 26.4 Å². The van der Waals surface area contributed by atoms with E-state index in [9.17, 15) is 0 Å². The highest BCUT2D eigenvalue weighted by Gasteiger charge is 1.98. The number of halogens is 1. The molecule has 0 aliphatic heterocycles. The standard InChI is InChI=1S/C6H15NO.ClH/c1-3-6(8)5-7-4-2;/h6-8H,3-5H2,1-2H3;1H. The molecule has 0 rings (SSSR count). The predicted octanol–water partition coefficient (Wildman–Crippen LogP) is -3.66. The zero-order valence-electron chi connectivity index (χ0n) is 6.10. The molecule has 0 spiro atoms. The van der Waals surface area contributed by atoms with Gasteiger partial charge in [-0.25, -0.2) is 0 Å². The Morgan fingerprint density at radius 3 is 2.33 bits per heavy atom. The Bertz CT molecular complexity index is 52.3. The van der Waals surface area contributed by atoms with Crippen LogP contribution in [0.2, 0.25) is 0 Å². The second kappa shape index (κ2) is 8.21. The molecule has 0 aromatic carbocycles. The van der Waals surface area contributed by atoms with Gasteiger partial charge in [0.25, 0.3) is 0 Å². The zero-order chi connectivity index (χ0) is 6.41. The monoisotopic (exact) mass is 153 g/mol. The van der Waals surface area contributed by atoms with Crippen LogP contribution in [0.1, 0.15) is 20.3 Å². The summed E-state index contributed by atoms with van der Waals surface area (Å²) in [6.07, 6.45) is 0.770. The SMILES string of the molecule is CC[NH2+]CC(O)CC.[Cl-]. The summed E-state index contributed by atoms with van der Waals surface area (Å²) in [5, 5.41) is 11.1. The van der Waals surface area contributed by atoms with E-state index in [0.717, 1.165) is 19.5 Å². The van der Waals surface area contributed by atoms with Crippen molar-refractivity contribution in [2.24, 2.45) is 0 Å². The normalized spacial score (nSPS) is 12.3. The van der Waals surface area contributed by atoms with Crippen LogP contribution in [0.5, 0.6) is 0 Å². The third kappa shape index (κ3) is 8.21. The van der Waals surface area contributed by atoms with Gasteiger partial charge in [0.15, 0.2) is 0 Å². The first kappa shape index (κ1) is 11.9. The summed E-state index contributed by atoms with van der Waals surface area (Å²) in [7, 11) is 0. The minimum Gasteiger partial charge on any atom is -1.00 e. The summed E-state index contributed by atoms with van der Waals surface area (Å²) in [5.74, 6) is 0. The zero-order valence-corrected chi connectivity index (χ0v) is 6.86. The molecule has 9 heavy (non-hydrogen) atoms. The summed E-state index contributed by atoms with van der Waals surface area (Å²) in [6, 6.07) is 0. The van der Waals surface area contributed by atoms with E-state index in [2.05, 4.69) is 12.2 Å². The fourth-order valence-electron chi connectivity index (χ4n) is 0.526. The molecule has 0 heterocycles. The van der Waals surface area contributed by atoms with E-state index in [1.165, 1.54) is 0 Å². The van der Waals surface area contributed by atoms with Crippen LogP contribution >= 0.6 is 0 Å². The van der Waals surface area contributed by atoms with E-state index in [0.29, 0.717) is 0 Å². The van der Waals surface area contributed by atoms with Gasteiger partial charge in [-0.3, -0.25) is 0 Å². The molecular weight excluding hydrogens is 138 g/mol. The highest BCUT2D eigenvalue weighted by Crippen LogP contribution is 1.81. The number of rotatable bonds is 4. The van der Waals surface area contributed by atoms with E-state index in [1.54, 1.807) is 0 Å². The van der Waals surface area contributed by atoms with Crippen LogP contribution in [-0.2, 0) is 0 Å². The van der Waals surface area contributed by atoms with Crippen LogP contribution in [-0.4, -0.2) is 24.3 Å². The van der Waals surface area contributed by atoms with Gasteiger partial charge in [0.05, 0.1) is 6.54 Å². The minimum absolute atomic E-state index is 0. The summed E-state index contributed by atoms with van der Waals surface area (Å²) in [5.41, 5.74) is 0. The summed E-state index contributed by atoms with van der Waals surface area (Å²) < 4.78 is 0. The van der Waals surface area contributed by atoms with Crippen molar-refractivity contribution in [3.05, 3.63) is 0 Å². The van der Waals surface area contributed by atoms with Crippen LogP contribution < -0.4 is 17.7 Å². The maximum absolute atomic E-state index is 8.96. The van der Waals surface area contributed by atoms with E-state index in [4.69, 9.17) is 5.11 Å². The first-order valence-corrected chi connectivity index (χ1v) is 3.31. The van der Waals surface area contributed by atoms with Crippen molar-refractivity contribution >= 4 is 0 Å². The van der Waals surface area contributed by atoms with Gasteiger partial charge in [0.1, 0.15) is 12.6 Å². The van der Waals surface area contributed by atoms with Gasteiger partial charge in [-0.15, -0.1) is 0 Å². The lowest BCUT2D eigenvalue weighted by atomic mass is 10.3. The molecule has 1 atom stereocenters. The molecule has 0 aliphatic carbocycles. The van der Waals surface area contributed by atoms with Gasteiger partial charge < -0.3 is 22.8 Å². The third-order valence-electron chi connectivity index (χ3n) is 1.20. The van der Waals surface area contributed by atoms with E-state index < -0.39 is 0 Å². The van der Waals surface area contributed by atoms with E-state index >= 15 is 0 Å². The van der Waals surface area contributed by atoms with E-state index in [-0.39, 0.29) is 18.5 Å². The van der Waals surface area contributed by atoms with Crippen LogP contribution in [0.15, 0.2) is 0 Å². The number of likely N-dealkylation sites (N-methyl/N-ethyl adjacent to an activating group) is 1. The van der Waals surface area contributed by atoms with Crippen LogP contribution in [0.25, 0.3) is 0 Å². The molecule has 0 aliphatic rings. The van der Waals surface area contributed by atoms with Gasteiger partial charge in [-0.2, -0.15) is 0 Å². The Hall–Kier alpha value is 0.210. The van der Waals surface area contributed by atoms with Gasteiger partial charge in [-0.05, 0) is 13.3 Å². The largest absolute Gasteiger partial charge is 1.00 e. The maximum atomic E-state index is 8.96. The van der Waals surface area contributed by atoms with Crippen molar-refractivity contribution in [1.29, 1.82) is 0 Å². The van der Waals surface area contributed by atoms with Crippen LogP contribution in [0, 0.1) is 0 Å². The highest BCUT2D eigenvalue weighted by molar-refractivity contribution is 4.43. The Kier molecular flexibility index (Phi) is 10.9. The second-order valence-corrected chi connectivity index (χ2v) is 1.99. The minimum atomic E-state index is -0.102. The molecule has 58 valence electrons. The second-order valence-electron chi connectivity index (χ2n) is 1.99. The number of aliphatic hydroxyl groups excluding tert-OH is 1. The maximum Gasteiger partial charge on any atom is 0.102 e. The van der Waals surface area contributed by atoms with Crippen molar-refractivity contribution < 1.29 is 22.8 Å². The molecule has 0 aromatic rings. The smallest absolute Gasteiger partial charge is 0.102 e. The highest BCUT2D eigenvalue weighted by atomic mass is 35.5. The van der Waals surface area contributed by atoms with E-state index in [1.807, 2.05) is 6.92 Å². The van der Waals surface area contributed by atoms with Crippen molar-refractivity contribution in [2.75, 3.05) is 13.1 Å². The molecule has 1 unspecified atom stereocenters. The number of hydrogen-bond acceptors (Lipinski definition) is 1. The molecule has 2 nitrogen and oxygen atoms in total. The first-order chi connectivity index (χ1) is 3.81. The first-order valence-electron chi connectivity index (χ1n) is 3.31. The molecule has 3 N–H and O–H groups in total. The van der Waals surface area contributed by atoms with Gasteiger partial charge in [-0.1, -0.05) is 6.92 Å². The molecule has 0 bridgehead atoms. The van der Waals surface area contributed by atoms with Crippen molar-refractivity contribution in [3.63, 3.8) is 0 Å².